The van der Waals surface area contributed by atoms with Crippen LogP contribution in [0.3, 0.4) is 0 Å². The molecule has 0 saturated heterocycles. The molecule has 220 valence electrons. The maximum Gasteiger partial charge on any atom is 0.0280 e. The molecule has 2 aromatic rings. The first kappa shape index (κ1) is 34.3. The topological polar surface area (TPSA) is 0 Å². The van der Waals surface area contributed by atoms with Crippen LogP contribution in [0.2, 0.25) is 0 Å². The highest BCUT2D eigenvalue weighted by molar-refractivity contribution is 7.81. The summed E-state index contributed by atoms with van der Waals surface area (Å²) in [6.45, 7) is 4.58. The van der Waals surface area contributed by atoms with Crippen molar-refractivity contribution < 1.29 is 0 Å². The van der Waals surface area contributed by atoms with Gasteiger partial charge in [0, 0.05) is 10.5 Å². The molecule has 0 spiro atoms. The van der Waals surface area contributed by atoms with Crippen molar-refractivity contribution in [2.45, 2.75) is 159 Å². The maximum atomic E-state index is 4.95. The monoisotopic (exact) mass is 568 g/mol. The summed E-state index contributed by atoms with van der Waals surface area (Å²) in [6.07, 6.45) is 28.4. The van der Waals surface area contributed by atoms with E-state index in [2.05, 4.69) is 62.4 Å². The summed E-state index contributed by atoms with van der Waals surface area (Å²) in [7, 11) is 0. The minimum atomic E-state index is 0.218. The first-order valence-electron chi connectivity index (χ1n) is 16.7. The van der Waals surface area contributed by atoms with E-state index in [-0.39, 0.29) is 10.5 Å². The van der Waals surface area contributed by atoms with Crippen molar-refractivity contribution in [1.82, 2.24) is 0 Å². The molecule has 2 unspecified atom stereocenters. The van der Waals surface area contributed by atoms with Gasteiger partial charge in [-0.15, -0.1) is 0 Å². The van der Waals surface area contributed by atoms with Crippen molar-refractivity contribution in [2.75, 3.05) is 0 Å². The molecule has 0 radical (unpaired) electrons. The van der Waals surface area contributed by atoms with Gasteiger partial charge in [-0.2, -0.15) is 25.3 Å². The van der Waals surface area contributed by atoms with E-state index in [1.807, 2.05) is 0 Å². The van der Waals surface area contributed by atoms with Crippen LogP contribution in [0.25, 0.3) is 0 Å². The summed E-state index contributed by atoms with van der Waals surface area (Å²) in [6, 6.07) is 18.4. The average Bonchev–Trinajstić information content (AvgIpc) is 2.96. The van der Waals surface area contributed by atoms with Crippen molar-refractivity contribution >= 4 is 25.3 Å². The second-order valence-electron chi connectivity index (χ2n) is 11.9. The zero-order valence-electron chi connectivity index (χ0n) is 25.5. The molecule has 0 heterocycles. The molecule has 0 bridgehead atoms. The van der Waals surface area contributed by atoms with Crippen molar-refractivity contribution in [3.05, 3.63) is 70.8 Å². The molecule has 2 heteroatoms. The molecule has 0 fully saturated rings. The number of rotatable bonds is 24. The van der Waals surface area contributed by atoms with Gasteiger partial charge in [0.05, 0.1) is 0 Å². The zero-order valence-corrected chi connectivity index (χ0v) is 27.3. The van der Waals surface area contributed by atoms with Gasteiger partial charge in [-0.3, -0.25) is 0 Å². The molecular weight excluding hydrogens is 509 g/mol. The third-order valence-corrected chi connectivity index (χ3v) is 9.33. The lowest BCUT2D eigenvalue weighted by Gasteiger charge is -2.18. The summed E-state index contributed by atoms with van der Waals surface area (Å²) in [4.78, 5) is 0. The molecular formula is C37H60S2. The molecule has 0 aliphatic heterocycles. The Balaban J connectivity index is 1.60. The third kappa shape index (κ3) is 16.2. The van der Waals surface area contributed by atoms with Crippen molar-refractivity contribution in [3.8, 4) is 0 Å². The summed E-state index contributed by atoms with van der Waals surface area (Å²) in [5.74, 6) is 0. The Morgan fingerprint density at radius 1 is 0.410 bits per heavy atom. The van der Waals surface area contributed by atoms with Crippen molar-refractivity contribution in [2.24, 2.45) is 0 Å². The average molecular weight is 569 g/mol. The van der Waals surface area contributed by atoms with Crippen LogP contribution >= 0.6 is 25.3 Å². The van der Waals surface area contributed by atoms with Gasteiger partial charge in [0.1, 0.15) is 0 Å². The molecule has 0 saturated carbocycles. The van der Waals surface area contributed by atoms with Gasteiger partial charge >= 0.3 is 0 Å². The molecule has 0 aliphatic rings. The molecule has 0 N–H and O–H groups in total. The van der Waals surface area contributed by atoms with Crippen LogP contribution in [0.4, 0.5) is 0 Å². The fraction of sp³-hybridized carbons (Fsp3) is 0.676. The van der Waals surface area contributed by atoms with Crippen LogP contribution in [-0.2, 0) is 12.8 Å². The summed E-state index contributed by atoms with van der Waals surface area (Å²) in [5, 5.41) is 0.437. The number of aryl methyl sites for hydroxylation is 2. The van der Waals surface area contributed by atoms with Gasteiger partial charge in [-0.25, -0.2) is 0 Å². The maximum absolute atomic E-state index is 4.95. The van der Waals surface area contributed by atoms with E-state index >= 15 is 0 Å². The third-order valence-electron chi connectivity index (χ3n) is 8.31. The lowest BCUT2D eigenvalue weighted by atomic mass is 9.98. The minimum Gasteiger partial charge on any atom is -0.171 e. The molecule has 2 aromatic carbocycles. The minimum absolute atomic E-state index is 0.218. The van der Waals surface area contributed by atoms with Crippen LogP contribution in [0.15, 0.2) is 48.5 Å². The number of unbranched alkanes of at least 4 members (excludes halogenated alkanes) is 16. The number of thiol groups is 2. The lowest BCUT2D eigenvalue weighted by Crippen LogP contribution is -1.99. The van der Waals surface area contributed by atoms with Gasteiger partial charge in [-0.1, -0.05) is 165 Å². The van der Waals surface area contributed by atoms with Gasteiger partial charge in [0.15, 0.2) is 0 Å². The van der Waals surface area contributed by atoms with E-state index in [9.17, 15) is 0 Å². The molecule has 0 aliphatic carbocycles. The number of hydrogen-bond donors (Lipinski definition) is 2. The normalized spacial score (nSPS) is 13.0. The molecule has 39 heavy (non-hydrogen) atoms. The summed E-state index contributed by atoms with van der Waals surface area (Å²) >= 11 is 9.90. The molecule has 0 amide bonds. The zero-order chi connectivity index (χ0) is 28.0. The number of hydrogen-bond acceptors (Lipinski definition) is 2. The molecule has 0 nitrogen and oxygen atoms in total. The molecule has 2 atom stereocenters. The quantitative estimate of drug-likeness (QED) is 0.0913. The Morgan fingerprint density at radius 2 is 0.692 bits per heavy atom. The highest BCUT2D eigenvalue weighted by Gasteiger charge is 2.14. The van der Waals surface area contributed by atoms with E-state index in [0.717, 1.165) is 6.42 Å². The second kappa shape index (κ2) is 22.8. The Labute approximate surface area is 254 Å². The van der Waals surface area contributed by atoms with Crippen LogP contribution in [-0.4, -0.2) is 0 Å². The van der Waals surface area contributed by atoms with Crippen LogP contribution in [0.1, 0.15) is 169 Å². The standard InChI is InChI=1S/C37H60S2/c1-3-5-7-9-11-13-15-17-19-21-32-23-27-34(28-24-32)36(38)31-37(39)35-29-25-33(26-30-35)22-20-18-16-14-12-10-8-6-4-2/h23-30,36-39H,3-22,31H2,1-2H3. The summed E-state index contributed by atoms with van der Waals surface area (Å²) < 4.78 is 0. The van der Waals surface area contributed by atoms with E-state index in [4.69, 9.17) is 25.3 Å². The lowest BCUT2D eigenvalue weighted by molar-refractivity contribution is 0.565. The number of benzene rings is 2. The predicted molar refractivity (Wildman–Crippen MR) is 183 cm³/mol. The fourth-order valence-corrected chi connectivity index (χ4v) is 6.51. The first-order chi connectivity index (χ1) is 19.1. The molecule has 2 rings (SSSR count). The van der Waals surface area contributed by atoms with E-state index < -0.39 is 0 Å². The molecule has 0 aromatic heterocycles. The largest absolute Gasteiger partial charge is 0.171 e. The Bertz CT molecular complexity index is 741. The summed E-state index contributed by atoms with van der Waals surface area (Å²) in [5.41, 5.74) is 5.56. The van der Waals surface area contributed by atoms with E-state index in [1.165, 1.54) is 151 Å². The van der Waals surface area contributed by atoms with Gasteiger partial charge < -0.3 is 0 Å². The SMILES string of the molecule is CCCCCCCCCCCc1ccc(C(S)CC(S)c2ccc(CCCCCCCCCCC)cc2)cc1. The van der Waals surface area contributed by atoms with Crippen molar-refractivity contribution in [3.63, 3.8) is 0 Å². The van der Waals surface area contributed by atoms with Crippen LogP contribution in [0, 0.1) is 0 Å². The first-order valence-corrected chi connectivity index (χ1v) is 17.7. The van der Waals surface area contributed by atoms with Crippen molar-refractivity contribution in [1.29, 1.82) is 0 Å². The Morgan fingerprint density at radius 3 is 1.00 bits per heavy atom. The van der Waals surface area contributed by atoms with Crippen LogP contribution < -0.4 is 0 Å². The van der Waals surface area contributed by atoms with Gasteiger partial charge in [0.2, 0.25) is 0 Å². The Hall–Kier alpha value is -0.860. The van der Waals surface area contributed by atoms with E-state index in [1.54, 1.807) is 0 Å². The van der Waals surface area contributed by atoms with Crippen LogP contribution in [0.5, 0.6) is 0 Å². The second-order valence-corrected chi connectivity index (χ2v) is 13.2. The fourth-order valence-electron chi connectivity index (χ4n) is 5.58. The smallest absolute Gasteiger partial charge is 0.0280 e. The Kier molecular flexibility index (Phi) is 20.1. The predicted octanol–water partition coefficient (Wildman–Crippen LogP) is 12.9. The van der Waals surface area contributed by atoms with E-state index in [0.29, 0.717) is 0 Å². The van der Waals surface area contributed by atoms with Gasteiger partial charge in [-0.05, 0) is 54.4 Å². The highest BCUT2D eigenvalue weighted by Crippen LogP contribution is 2.35. The highest BCUT2D eigenvalue weighted by atomic mass is 32.1. The van der Waals surface area contributed by atoms with Gasteiger partial charge in [0.25, 0.3) is 0 Å².